The molecule has 3 aromatic rings. The zero-order valence-electron chi connectivity index (χ0n) is 20.6. The van der Waals surface area contributed by atoms with Gasteiger partial charge in [-0.3, -0.25) is 9.59 Å². The van der Waals surface area contributed by atoms with Gasteiger partial charge in [0.15, 0.2) is 0 Å². The Bertz CT molecular complexity index is 1120. The van der Waals surface area contributed by atoms with Gasteiger partial charge in [0.1, 0.15) is 11.8 Å². The van der Waals surface area contributed by atoms with Crippen molar-refractivity contribution in [3.63, 3.8) is 0 Å². The molecule has 3 aromatic carbocycles. The number of benzene rings is 3. The molecule has 0 saturated heterocycles. The van der Waals surface area contributed by atoms with Crippen molar-refractivity contribution in [3.8, 4) is 5.75 Å². The van der Waals surface area contributed by atoms with Crippen LogP contribution in [0.2, 0.25) is 10.0 Å². The van der Waals surface area contributed by atoms with Crippen LogP contribution in [-0.2, 0) is 22.6 Å². The number of rotatable bonds is 12. The van der Waals surface area contributed by atoms with Crippen LogP contribution in [0.15, 0.2) is 78.9 Å². The van der Waals surface area contributed by atoms with Crippen LogP contribution in [0, 0.1) is 0 Å². The van der Waals surface area contributed by atoms with Crippen LogP contribution in [0.4, 0.5) is 0 Å². The average Bonchev–Trinajstić information content (AvgIpc) is 2.86. The molecular formula is C29H32Cl2N2O3. The van der Waals surface area contributed by atoms with Crippen LogP contribution < -0.4 is 10.1 Å². The third kappa shape index (κ3) is 8.58. The number of hydrogen-bond donors (Lipinski definition) is 1. The van der Waals surface area contributed by atoms with E-state index in [0.717, 1.165) is 16.9 Å². The highest BCUT2D eigenvalue weighted by molar-refractivity contribution is 6.35. The van der Waals surface area contributed by atoms with Gasteiger partial charge >= 0.3 is 0 Å². The topological polar surface area (TPSA) is 58.6 Å². The van der Waals surface area contributed by atoms with Gasteiger partial charge in [-0.15, -0.1) is 0 Å². The molecule has 0 aliphatic rings. The molecule has 5 nitrogen and oxygen atoms in total. The molecule has 3 rings (SSSR count). The standard InChI is InChI=1S/C29H32Cl2N2O3/c1-21(2)32-29(35)27(18-22-10-5-3-6-11-22)33(20-23-15-16-24(30)19-26(23)31)28(34)14-9-17-36-25-12-7-4-8-13-25/h3-8,10-13,15-16,19,21,27H,9,14,17-18,20H2,1-2H3,(H,32,35). The van der Waals surface area contributed by atoms with Crippen molar-refractivity contribution in [3.05, 3.63) is 100 Å². The quantitative estimate of drug-likeness (QED) is 0.281. The fraction of sp³-hybridized carbons (Fsp3) is 0.310. The second kappa shape index (κ2) is 13.9. The number of nitrogens with zero attached hydrogens (tertiary/aromatic N) is 1. The highest BCUT2D eigenvalue weighted by Crippen LogP contribution is 2.24. The van der Waals surface area contributed by atoms with Gasteiger partial charge in [-0.25, -0.2) is 0 Å². The number of hydrogen-bond acceptors (Lipinski definition) is 3. The van der Waals surface area contributed by atoms with E-state index in [1.165, 1.54) is 0 Å². The number of carbonyl (C=O) groups is 2. The Morgan fingerprint density at radius 3 is 2.25 bits per heavy atom. The predicted molar refractivity (Wildman–Crippen MR) is 145 cm³/mol. The largest absolute Gasteiger partial charge is 0.494 e. The number of halogens is 2. The Morgan fingerprint density at radius 2 is 1.61 bits per heavy atom. The van der Waals surface area contributed by atoms with E-state index in [2.05, 4.69) is 5.32 Å². The Kier molecular flexibility index (Phi) is 10.6. The maximum absolute atomic E-state index is 13.6. The first-order chi connectivity index (χ1) is 17.3. The second-order valence-electron chi connectivity index (χ2n) is 8.89. The molecule has 190 valence electrons. The smallest absolute Gasteiger partial charge is 0.243 e. The van der Waals surface area contributed by atoms with Gasteiger partial charge in [0.25, 0.3) is 0 Å². The Balaban J connectivity index is 1.82. The maximum Gasteiger partial charge on any atom is 0.243 e. The summed E-state index contributed by atoms with van der Waals surface area (Å²) in [6.45, 7) is 4.39. The van der Waals surface area contributed by atoms with Gasteiger partial charge in [0.2, 0.25) is 11.8 Å². The Hall–Kier alpha value is -3.02. The van der Waals surface area contributed by atoms with Gasteiger partial charge in [0, 0.05) is 35.5 Å². The number of ether oxygens (including phenoxy) is 1. The highest BCUT2D eigenvalue weighted by Gasteiger charge is 2.31. The van der Waals surface area contributed by atoms with Gasteiger partial charge < -0.3 is 15.0 Å². The number of nitrogens with one attached hydrogen (secondary N) is 1. The lowest BCUT2D eigenvalue weighted by molar-refractivity contribution is -0.141. The van der Waals surface area contributed by atoms with Crippen LogP contribution >= 0.6 is 23.2 Å². The van der Waals surface area contributed by atoms with Gasteiger partial charge in [-0.2, -0.15) is 0 Å². The minimum Gasteiger partial charge on any atom is -0.494 e. The molecule has 0 radical (unpaired) electrons. The molecule has 2 amide bonds. The third-order valence-electron chi connectivity index (χ3n) is 5.60. The zero-order valence-corrected chi connectivity index (χ0v) is 22.1. The lowest BCUT2D eigenvalue weighted by Gasteiger charge is -2.32. The van der Waals surface area contributed by atoms with Gasteiger partial charge in [-0.05, 0) is 55.7 Å². The van der Waals surface area contributed by atoms with Crippen molar-refractivity contribution < 1.29 is 14.3 Å². The van der Waals surface area contributed by atoms with E-state index < -0.39 is 6.04 Å². The molecular weight excluding hydrogens is 495 g/mol. The first kappa shape index (κ1) is 27.6. The fourth-order valence-corrected chi connectivity index (χ4v) is 4.31. The lowest BCUT2D eigenvalue weighted by Crippen LogP contribution is -2.51. The van der Waals surface area contributed by atoms with Gasteiger partial charge in [-0.1, -0.05) is 77.8 Å². The normalized spacial score (nSPS) is 11.7. The summed E-state index contributed by atoms with van der Waals surface area (Å²) in [5.41, 5.74) is 1.69. The molecule has 0 fully saturated rings. The molecule has 36 heavy (non-hydrogen) atoms. The van der Waals surface area contributed by atoms with Crippen LogP contribution in [0.1, 0.15) is 37.8 Å². The van der Waals surface area contributed by atoms with Crippen LogP contribution in [0.25, 0.3) is 0 Å². The molecule has 7 heteroatoms. The number of amides is 2. The van der Waals surface area contributed by atoms with Crippen molar-refractivity contribution in [1.29, 1.82) is 0 Å². The molecule has 0 saturated carbocycles. The number of para-hydroxylation sites is 1. The van der Waals surface area contributed by atoms with E-state index in [0.29, 0.717) is 29.5 Å². The van der Waals surface area contributed by atoms with E-state index in [1.54, 1.807) is 23.1 Å². The molecule has 0 aliphatic heterocycles. The molecule has 0 heterocycles. The minimum atomic E-state index is -0.705. The van der Waals surface area contributed by atoms with Crippen molar-refractivity contribution in [1.82, 2.24) is 10.2 Å². The van der Waals surface area contributed by atoms with Crippen molar-refractivity contribution in [2.45, 2.75) is 51.7 Å². The lowest BCUT2D eigenvalue weighted by atomic mass is 10.0. The van der Waals surface area contributed by atoms with E-state index in [1.807, 2.05) is 74.5 Å². The summed E-state index contributed by atoms with van der Waals surface area (Å²) in [5.74, 6) is 0.415. The molecule has 1 unspecified atom stereocenters. The maximum atomic E-state index is 13.6. The van der Waals surface area contributed by atoms with Crippen LogP contribution in [0.5, 0.6) is 5.75 Å². The third-order valence-corrected chi connectivity index (χ3v) is 6.19. The van der Waals surface area contributed by atoms with E-state index in [9.17, 15) is 9.59 Å². The monoisotopic (exact) mass is 526 g/mol. The fourth-order valence-electron chi connectivity index (χ4n) is 3.84. The molecule has 0 aliphatic carbocycles. The van der Waals surface area contributed by atoms with Crippen LogP contribution in [0.3, 0.4) is 0 Å². The average molecular weight is 527 g/mol. The van der Waals surface area contributed by atoms with Crippen molar-refractivity contribution in [2.75, 3.05) is 6.61 Å². The number of carbonyl (C=O) groups excluding carboxylic acids is 2. The summed E-state index contributed by atoms with van der Waals surface area (Å²) in [6, 6.07) is 23.6. The minimum absolute atomic E-state index is 0.0638. The molecule has 0 spiro atoms. The summed E-state index contributed by atoms with van der Waals surface area (Å²) in [5, 5.41) is 3.95. The first-order valence-electron chi connectivity index (χ1n) is 12.1. The summed E-state index contributed by atoms with van der Waals surface area (Å²) in [6.07, 6.45) is 1.14. The van der Waals surface area contributed by atoms with Crippen molar-refractivity contribution >= 4 is 35.0 Å². The summed E-state index contributed by atoms with van der Waals surface area (Å²) in [7, 11) is 0. The SMILES string of the molecule is CC(C)NC(=O)C(Cc1ccccc1)N(Cc1ccc(Cl)cc1Cl)C(=O)CCCOc1ccccc1. The summed E-state index contributed by atoms with van der Waals surface area (Å²) < 4.78 is 5.76. The highest BCUT2D eigenvalue weighted by atomic mass is 35.5. The van der Waals surface area contributed by atoms with Crippen LogP contribution in [-0.4, -0.2) is 35.4 Å². The molecule has 0 aromatic heterocycles. The predicted octanol–water partition coefficient (Wildman–Crippen LogP) is 6.32. The molecule has 1 atom stereocenters. The van der Waals surface area contributed by atoms with E-state index >= 15 is 0 Å². The molecule has 0 bridgehead atoms. The summed E-state index contributed by atoms with van der Waals surface area (Å²) >= 11 is 12.5. The van der Waals surface area contributed by atoms with E-state index in [4.69, 9.17) is 27.9 Å². The molecule has 1 N–H and O–H groups in total. The zero-order chi connectivity index (χ0) is 25.9. The second-order valence-corrected chi connectivity index (χ2v) is 9.73. The van der Waals surface area contributed by atoms with Crippen molar-refractivity contribution in [2.24, 2.45) is 0 Å². The Labute approximate surface area is 223 Å². The van der Waals surface area contributed by atoms with Gasteiger partial charge in [0.05, 0.1) is 6.61 Å². The van der Waals surface area contributed by atoms with E-state index in [-0.39, 0.29) is 30.8 Å². The first-order valence-corrected chi connectivity index (χ1v) is 12.8. The Morgan fingerprint density at radius 1 is 0.944 bits per heavy atom. The summed E-state index contributed by atoms with van der Waals surface area (Å²) in [4.78, 5) is 28.6.